The number of nitrogens with one attached hydrogen (secondary N) is 2. The van der Waals surface area contributed by atoms with Crippen molar-refractivity contribution < 1.29 is 4.79 Å². The number of anilines is 2. The molecule has 0 aliphatic heterocycles. The van der Waals surface area contributed by atoms with E-state index in [2.05, 4.69) is 15.7 Å². The SMILES string of the molecule is Cc1ccc(NC(=O)Nc2cc(-c3ccccc3)n(C)n2)cc1. The van der Waals surface area contributed by atoms with Crippen LogP contribution in [0, 0.1) is 6.92 Å². The first-order valence-electron chi connectivity index (χ1n) is 7.36. The Morgan fingerprint density at radius 1 is 1.00 bits per heavy atom. The zero-order chi connectivity index (χ0) is 16.2. The van der Waals surface area contributed by atoms with Crippen molar-refractivity contribution in [2.75, 3.05) is 10.6 Å². The minimum atomic E-state index is -0.313. The number of hydrogen-bond donors (Lipinski definition) is 2. The average Bonchev–Trinajstić information content (AvgIpc) is 2.91. The Balaban J connectivity index is 1.71. The van der Waals surface area contributed by atoms with Crippen LogP contribution >= 0.6 is 0 Å². The minimum Gasteiger partial charge on any atom is -0.308 e. The van der Waals surface area contributed by atoms with Crippen molar-refractivity contribution in [1.29, 1.82) is 0 Å². The van der Waals surface area contributed by atoms with Gasteiger partial charge >= 0.3 is 6.03 Å². The normalized spacial score (nSPS) is 10.3. The molecule has 3 aromatic rings. The van der Waals surface area contributed by atoms with Crippen molar-refractivity contribution in [3.05, 3.63) is 66.2 Å². The standard InChI is InChI=1S/C18H18N4O/c1-13-8-10-15(11-9-13)19-18(23)20-17-12-16(22(2)21-17)14-6-4-3-5-7-14/h3-12H,1-2H3,(H2,19,20,21,23). The fourth-order valence-electron chi connectivity index (χ4n) is 2.32. The predicted octanol–water partition coefficient (Wildman–Crippen LogP) is 4.04. The van der Waals surface area contributed by atoms with Crippen LogP contribution in [0.4, 0.5) is 16.3 Å². The molecule has 0 aliphatic rings. The molecule has 2 amide bonds. The number of rotatable bonds is 3. The summed E-state index contributed by atoms with van der Waals surface area (Å²) in [6.07, 6.45) is 0. The molecule has 0 radical (unpaired) electrons. The second kappa shape index (κ2) is 6.36. The summed E-state index contributed by atoms with van der Waals surface area (Å²) in [4.78, 5) is 12.1. The molecule has 0 spiro atoms. The molecule has 0 atom stereocenters. The lowest BCUT2D eigenvalue weighted by molar-refractivity contribution is 0.262. The van der Waals surface area contributed by atoms with Crippen molar-refractivity contribution in [2.24, 2.45) is 7.05 Å². The Labute approximate surface area is 135 Å². The van der Waals surface area contributed by atoms with E-state index in [1.165, 1.54) is 0 Å². The summed E-state index contributed by atoms with van der Waals surface area (Å²) in [5.74, 6) is 0.510. The lowest BCUT2D eigenvalue weighted by Crippen LogP contribution is -2.19. The summed E-state index contributed by atoms with van der Waals surface area (Å²) in [7, 11) is 1.85. The second-order valence-corrected chi connectivity index (χ2v) is 5.35. The van der Waals surface area contributed by atoms with Crippen molar-refractivity contribution in [1.82, 2.24) is 9.78 Å². The summed E-state index contributed by atoms with van der Waals surface area (Å²) in [6.45, 7) is 2.00. The molecule has 0 unspecified atom stereocenters. The van der Waals surface area contributed by atoms with Gasteiger partial charge in [-0.15, -0.1) is 0 Å². The fraction of sp³-hybridized carbons (Fsp3) is 0.111. The first-order chi connectivity index (χ1) is 11.1. The summed E-state index contributed by atoms with van der Waals surface area (Å²) in [6, 6.07) is 19.1. The molecular weight excluding hydrogens is 288 g/mol. The highest BCUT2D eigenvalue weighted by Gasteiger charge is 2.10. The van der Waals surface area contributed by atoms with Gasteiger partial charge in [-0.05, 0) is 24.6 Å². The highest BCUT2D eigenvalue weighted by atomic mass is 16.2. The number of amides is 2. The Bertz CT molecular complexity index is 807. The first kappa shape index (κ1) is 14.8. The van der Waals surface area contributed by atoms with Gasteiger partial charge in [-0.1, -0.05) is 48.0 Å². The summed E-state index contributed by atoms with van der Waals surface area (Å²) in [5, 5.41) is 9.87. The molecule has 2 N–H and O–H groups in total. The molecule has 1 aromatic heterocycles. The van der Waals surface area contributed by atoms with E-state index in [9.17, 15) is 4.79 Å². The molecule has 5 nitrogen and oxygen atoms in total. The largest absolute Gasteiger partial charge is 0.324 e. The number of carbonyl (C=O) groups is 1. The number of benzene rings is 2. The number of nitrogens with zero attached hydrogens (tertiary/aromatic N) is 2. The zero-order valence-corrected chi connectivity index (χ0v) is 13.1. The fourth-order valence-corrected chi connectivity index (χ4v) is 2.32. The zero-order valence-electron chi connectivity index (χ0n) is 13.1. The van der Waals surface area contributed by atoms with E-state index in [1.54, 1.807) is 4.68 Å². The van der Waals surface area contributed by atoms with Crippen LogP contribution < -0.4 is 10.6 Å². The monoisotopic (exact) mass is 306 g/mol. The molecule has 0 fully saturated rings. The van der Waals surface area contributed by atoms with E-state index in [4.69, 9.17) is 0 Å². The van der Waals surface area contributed by atoms with E-state index in [-0.39, 0.29) is 6.03 Å². The van der Waals surface area contributed by atoms with Crippen LogP contribution in [0.15, 0.2) is 60.7 Å². The van der Waals surface area contributed by atoms with Crippen molar-refractivity contribution in [2.45, 2.75) is 6.92 Å². The Hall–Kier alpha value is -3.08. The number of carbonyl (C=O) groups excluding carboxylic acids is 1. The molecule has 23 heavy (non-hydrogen) atoms. The van der Waals surface area contributed by atoms with Crippen LogP contribution in [-0.2, 0) is 7.05 Å². The summed E-state index contributed by atoms with van der Waals surface area (Å²) < 4.78 is 1.75. The van der Waals surface area contributed by atoms with Gasteiger partial charge in [-0.2, -0.15) is 5.10 Å². The molecule has 2 aromatic carbocycles. The number of urea groups is 1. The van der Waals surface area contributed by atoms with Gasteiger partial charge in [0.1, 0.15) is 0 Å². The van der Waals surface area contributed by atoms with Gasteiger partial charge in [0.15, 0.2) is 5.82 Å². The molecule has 0 saturated heterocycles. The predicted molar refractivity (Wildman–Crippen MR) is 92.5 cm³/mol. The maximum Gasteiger partial charge on any atom is 0.324 e. The van der Waals surface area contributed by atoms with Gasteiger partial charge in [0.05, 0.1) is 5.69 Å². The van der Waals surface area contributed by atoms with Crippen LogP contribution in [-0.4, -0.2) is 15.8 Å². The Morgan fingerprint density at radius 3 is 2.39 bits per heavy atom. The van der Waals surface area contributed by atoms with Crippen LogP contribution in [0.1, 0.15) is 5.56 Å². The molecule has 3 rings (SSSR count). The molecule has 0 aliphatic carbocycles. The van der Waals surface area contributed by atoms with Crippen LogP contribution in [0.5, 0.6) is 0 Å². The van der Waals surface area contributed by atoms with E-state index in [0.29, 0.717) is 5.82 Å². The van der Waals surface area contributed by atoms with Gasteiger partial charge in [-0.25, -0.2) is 4.79 Å². The maximum absolute atomic E-state index is 12.1. The van der Waals surface area contributed by atoms with E-state index < -0.39 is 0 Å². The Kier molecular flexibility index (Phi) is 4.10. The lowest BCUT2D eigenvalue weighted by atomic mass is 10.1. The summed E-state index contributed by atoms with van der Waals surface area (Å²) >= 11 is 0. The van der Waals surface area contributed by atoms with Gasteiger partial charge in [0.2, 0.25) is 0 Å². The second-order valence-electron chi connectivity index (χ2n) is 5.35. The van der Waals surface area contributed by atoms with E-state index >= 15 is 0 Å². The number of aromatic nitrogens is 2. The van der Waals surface area contributed by atoms with E-state index in [0.717, 1.165) is 22.5 Å². The third-order valence-corrected chi connectivity index (χ3v) is 3.50. The molecular formula is C18H18N4O. The lowest BCUT2D eigenvalue weighted by Gasteiger charge is -2.05. The van der Waals surface area contributed by atoms with Crippen LogP contribution in [0.2, 0.25) is 0 Å². The highest BCUT2D eigenvalue weighted by molar-refractivity contribution is 5.99. The van der Waals surface area contributed by atoms with Crippen molar-refractivity contribution in [3.8, 4) is 11.3 Å². The maximum atomic E-state index is 12.1. The first-order valence-corrected chi connectivity index (χ1v) is 7.36. The minimum absolute atomic E-state index is 0.313. The van der Waals surface area contributed by atoms with Crippen LogP contribution in [0.25, 0.3) is 11.3 Å². The highest BCUT2D eigenvalue weighted by Crippen LogP contribution is 2.21. The van der Waals surface area contributed by atoms with E-state index in [1.807, 2.05) is 74.6 Å². The van der Waals surface area contributed by atoms with Crippen molar-refractivity contribution in [3.63, 3.8) is 0 Å². The van der Waals surface area contributed by atoms with Gasteiger partial charge in [0.25, 0.3) is 0 Å². The Morgan fingerprint density at radius 2 is 1.70 bits per heavy atom. The van der Waals surface area contributed by atoms with Gasteiger partial charge in [0, 0.05) is 18.8 Å². The molecule has 0 saturated carbocycles. The molecule has 5 heteroatoms. The van der Waals surface area contributed by atoms with Crippen molar-refractivity contribution >= 4 is 17.5 Å². The third-order valence-electron chi connectivity index (χ3n) is 3.50. The van der Waals surface area contributed by atoms with Gasteiger partial charge < -0.3 is 5.32 Å². The topological polar surface area (TPSA) is 59.0 Å². The summed E-state index contributed by atoms with van der Waals surface area (Å²) in [5.41, 5.74) is 3.88. The number of aryl methyl sites for hydroxylation is 2. The smallest absolute Gasteiger partial charge is 0.308 e. The van der Waals surface area contributed by atoms with Gasteiger partial charge in [-0.3, -0.25) is 10.00 Å². The third kappa shape index (κ3) is 3.58. The number of hydrogen-bond acceptors (Lipinski definition) is 2. The molecule has 116 valence electrons. The average molecular weight is 306 g/mol. The molecule has 1 heterocycles. The quantitative estimate of drug-likeness (QED) is 0.767. The van der Waals surface area contributed by atoms with Crippen LogP contribution in [0.3, 0.4) is 0 Å². The molecule has 0 bridgehead atoms.